The molecule has 2 aliphatic rings. The minimum Gasteiger partial charge on any atom is -0.491 e. The minimum absolute atomic E-state index is 0.00779. The Balaban J connectivity index is 1.22. The molecule has 0 saturated carbocycles. The highest BCUT2D eigenvalue weighted by molar-refractivity contribution is 7.89. The van der Waals surface area contributed by atoms with Crippen molar-refractivity contribution in [2.45, 2.75) is 23.8 Å². The number of sulfonamides is 1. The maximum absolute atomic E-state index is 13.9. The summed E-state index contributed by atoms with van der Waals surface area (Å²) in [7, 11) is -4.21. The molecular weight excluding hydrogens is 474 g/mol. The first kappa shape index (κ1) is 24.2. The average molecular weight is 499 g/mol. The van der Waals surface area contributed by atoms with E-state index in [-0.39, 0.29) is 51.8 Å². The average Bonchev–Trinajstić information content (AvgIpc) is 3.30. The minimum atomic E-state index is -4.21. The molecule has 0 spiro atoms. The molecule has 12 heteroatoms. The van der Waals surface area contributed by atoms with Gasteiger partial charge in [-0.25, -0.2) is 17.2 Å². The van der Waals surface area contributed by atoms with E-state index < -0.39 is 38.6 Å². The number of piperidine rings is 1. The molecule has 0 aliphatic carbocycles. The van der Waals surface area contributed by atoms with Gasteiger partial charge in [-0.2, -0.15) is 4.31 Å². The zero-order chi connectivity index (χ0) is 24.3. The van der Waals surface area contributed by atoms with Crippen LogP contribution in [0.4, 0.5) is 8.78 Å². The SMILES string of the molecule is O=C(NCC(O)COc1ccc2c(c1)OCO2)C1CCN(S(=O)(=O)c2cc(F)ccc2F)CC1. The third-order valence-electron chi connectivity index (χ3n) is 5.63. The van der Waals surface area contributed by atoms with Crippen LogP contribution in [0.5, 0.6) is 17.2 Å². The van der Waals surface area contributed by atoms with Crippen LogP contribution in [-0.2, 0) is 14.8 Å². The lowest BCUT2D eigenvalue weighted by atomic mass is 9.97. The van der Waals surface area contributed by atoms with Crippen molar-refractivity contribution in [3.63, 3.8) is 0 Å². The predicted octanol–water partition coefficient (Wildman–Crippen LogP) is 1.65. The van der Waals surface area contributed by atoms with Crippen LogP contribution >= 0.6 is 0 Å². The van der Waals surface area contributed by atoms with E-state index in [2.05, 4.69) is 5.32 Å². The third-order valence-corrected chi connectivity index (χ3v) is 7.55. The molecule has 2 heterocycles. The molecule has 0 bridgehead atoms. The van der Waals surface area contributed by atoms with Gasteiger partial charge in [-0.05, 0) is 43.2 Å². The summed E-state index contributed by atoms with van der Waals surface area (Å²) in [5, 5.41) is 12.8. The number of nitrogens with zero attached hydrogens (tertiary/aromatic N) is 1. The number of aliphatic hydroxyl groups is 1. The van der Waals surface area contributed by atoms with Crippen LogP contribution in [0.15, 0.2) is 41.3 Å². The van der Waals surface area contributed by atoms with Crippen molar-refractivity contribution >= 4 is 15.9 Å². The van der Waals surface area contributed by atoms with Crippen molar-refractivity contribution in [2.75, 3.05) is 33.0 Å². The van der Waals surface area contributed by atoms with Crippen molar-refractivity contribution < 1.29 is 41.3 Å². The molecule has 1 saturated heterocycles. The molecule has 4 rings (SSSR count). The Hall–Kier alpha value is -2.96. The zero-order valence-electron chi connectivity index (χ0n) is 18.1. The Morgan fingerprint density at radius 1 is 1.15 bits per heavy atom. The number of fused-ring (bicyclic) bond motifs is 1. The van der Waals surface area contributed by atoms with Gasteiger partial charge < -0.3 is 24.6 Å². The van der Waals surface area contributed by atoms with E-state index in [0.717, 1.165) is 16.4 Å². The fourth-order valence-electron chi connectivity index (χ4n) is 3.75. The lowest BCUT2D eigenvalue weighted by Crippen LogP contribution is -2.44. The molecule has 2 N–H and O–H groups in total. The molecule has 2 aromatic carbocycles. The van der Waals surface area contributed by atoms with Crippen LogP contribution in [0.1, 0.15) is 12.8 Å². The summed E-state index contributed by atoms with van der Waals surface area (Å²) < 4.78 is 69.7. The molecule has 1 atom stereocenters. The second kappa shape index (κ2) is 10.1. The Labute approximate surface area is 195 Å². The Morgan fingerprint density at radius 2 is 1.88 bits per heavy atom. The van der Waals surface area contributed by atoms with E-state index >= 15 is 0 Å². The molecule has 184 valence electrons. The molecule has 9 nitrogen and oxygen atoms in total. The van der Waals surface area contributed by atoms with Gasteiger partial charge in [-0.1, -0.05) is 0 Å². The molecular formula is C22H24F2N2O7S. The van der Waals surface area contributed by atoms with Gasteiger partial charge in [0.05, 0.1) is 0 Å². The number of hydrogen-bond acceptors (Lipinski definition) is 7. The number of amides is 1. The van der Waals surface area contributed by atoms with E-state index in [4.69, 9.17) is 14.2 Å². The maximum atomic E-state index is 13.9. The van der Waals surface area contributed by atoms with Crippen molar-refractivity contribution in [1.29, 1.82) is 0 Å². The number of benzene rings is 2. The summed E-state index contributed by atoms with van der Waals surface area (Å²) in [5.41, 5.74) is 0. The summed E-state index contributed by atoms with van der Waals surface area (Å²) in [6.45, 7) is 0.0184. The van der Waals surface area contributed by atoms with Gasteiger partial charge >= 0.3 is 0 Å². The van der Waals surface area contributed by atoms with Crippen molar-refractivity contribution in [1.82, 2.24) is 9.62 Å². The van der Waals surface area contributed by atoms with Crippen LogP contribution in [0.2, 0.25) is 0 Å². The summed E-state index contributed by atoms with van der Waals surface area (Å²) in [5.74, 6) is -1.03. The number of carbonyl (C=O) groups excluding carboxylic acids is 1. The fourth-order valence-corrected chi connectivity index (χ4v) is 5.30. The topological polar surface area (TPSA) is 114 Å². The summed E-state index contributed by atoms with van der Waals surface area (Å²) in [6.07, 6.45) is -0.539. The van der Waals surface area contributed by atoms with E-state index in [0.29, 0.717) is 23.3 Å². The number of ether oxygens (including phenoxy) is 3. The normalized spacial score (nSPS) is 17.4. The molecule has 1 unspecified atom stereocenters. The fraction of sp³-hybridized carbons (Fsp3) is 0.409. The number of nitrogens with one attached hydrogen (secondary N) is 1. The lowest BCUT2D eigenvalue weighted by molar-refractivity contribution is -0.126. The lowest BCUT2D eigenvalue weighted by Gasteiger charge is -2.30. The summed E-state index contributed by atoms with van der Waals surface area (Å²) in [4.78, 5) is 11.7. The van der Waals surface area contributed by atoms with Crippen LogP contribution in [-0.4, -0.2) is 62.9 Å². The van der Waals surface area contributed by atoms with Gasteiger partial charge in [-0.3, -0.25) is 4.79 Å². The van der Waals surface area contributed by atoms with Gasteiger partial charge in [0, 0.05) is 31.6 Å². The standard InChI is InChI=1S/C22H24F2N2O7S/c23-15-1-3-18(24)21(9-15)34(29,30)26-7-5-14(6-8-26)22(28)25-11-16(27)12-31-17-2-4-19-20(10-17)33-13-32-19/h1-4,9-10,14,16,27H,5-8,11-13H2,(H,25,28). The van der Waals surface area contributed by atoms with Gasteiger partial charge in [0.25, 0.3) is 0 Å². The van der Waals surface area contributed by atoms with E-state index in [1.54, 1.807) is 18.2 Å². The molecule has 2 aliphatic heterocycles. The van der Waals surface area contributed by atoms with Crippen LogP contribution in [0.25, 0.3) is 0 Å². The molecule has 2 aromatic rings. The first-order valence-corrected chi connectivity index (χ1v) is 12.1. The van der Waals surface area contributed by atoms with Gasteiger partial charge in [0.15, 0.2) is 11.5 Å². The first-order chi connectivity index (χ1) is 16.2. The van der Waals surface area contributed by atoms with Crippen molar-refractivity contribution in [2.24, 2.45) is 5.92 Å². The molecule has 34 heavy (non-hydrogen) atoms. The largest absolute Gasteiger partial charge is 0.491 e. The van der Waals surface area contributed by atoms with E-state index in [1.165, 1.54) is 0 Å². The smallest absolute Gasteiger partial charge is 0.246 e. The van der Waals surface area contributed by atoms with Gasteiger partial charge in [-0.15, -0.1) is 0 Å². The monoisotopic (exact) mass is 498 g/mol. The Morgan fingerprint density at radius 3 is 2.65 bits per heavy atom. The summed E-state index contributed by atoms with van der Waals surface area (Å²) in [6, 6.07) is 7.28. The van der Waals surface area contributed by atoms with Gasteiger partial charge in [0.1, 0.15) is 35.0 Å². The number of carbonyl (C=O) groups is 1. The second-order valence-electron chi connectivity index (χ2n) is 7.98. The molecule has 1 amide bonds. The van der Waals surface area contributed by atoms with Gasteiger partial charge in [0.2, 0.25) is 22.7 Å². The highest BCUT2D eigenvalue weighted by Gasteiger charge is 2.34. The molecule has 1 fully saturated rings. The number of aliphatic hydroxyl groups excluding tert-OH is 1. The molecule has 0 aromatic heterocycles. The van der Waals surface area contributed by atoms with Crippen LogP contribution < -0.4 is 19.5 Å². The number of rotatable bonds is 8. The number of hydrogen-bond donors (Lipinski definition) is 2. The third kappa shape index (κ3) is 5.40. The second-order valence-corrected chi connectivity index (χ2v) is 9.88. The van der Waals surface area contributed by atoms with Crippen molar-refractivity contribution in [3.8, 4) is 17.2 Å². The Kier molecular flexibility index (Phi) is 7.19. The van der Waals surface area contributed by atoms with Crippen LogP contribution in [0, 0.1) is 17.6 Å². The maximum Gasteiger partial charge on any atom is 0.246 e. The van der Waals surface area contributed by atoms with Crippen LogP contribution in [0.3, 0.4) is 0 Å². The van der Waals surface area contributed by atoms with Crippen molar-refractivity contribution in [3.05, 3.63) is 48.0 Å². The number of halogens is 2. The zero-order valence-corrected chi connectivity index (χ0v) is 18.9. The quantitative estimate of drug-likeness (QED) is 0.569. The Bertz CT molecular complexity index is 1150. The predicted molar refractivity (Wildman–Crippen MR) is 115 cm³/mol. The highest BCUT2D eigenvalue weighted by atomic mass is 32.2. The molecule has 0 radical (unpaired) electrons. The highest BCUT2D eigenvalue weighted by Crippen LogP contribution is 2.35. The first-order valence-electron chi connectivity index (χ1n) is 10.7. The summed E-state index contributed by atoms with van der Waals surface area (Å²) >= 11 is 0. The van der Waals surface area contributed by atoms with E-state index in [1.807, 2.05) is 0 Å². The van der Waals surface area contributed by atoms with E-state index in [9.17, 15) is 27.1 Å².